The maximum absolute atomic E-state index is 3.59. The van der Waals surface area contributed by atoms with E-state index in [1.165, 1.54) is 33.4 Å². The van der Waals surface area contributed by atoms with E-state index in [2.05, 4.69) is 68.6 Å². The molecular formula is C12H15Br3. The standard InChI is InChI=1S/C12H15Br3/c1-7-8(2)11(5-14)12(6-15)9(3)10(7)4-13/h4-6H2,1-3H3. The highest BCUT2D eigenvalue weighted by atomic mass is 79.9. The lowest BCUT2D eigenvalue weighted by atomic mass is 9.90. The molecule has 0 saturated heterocycles. The largest absolute Gasteiger partial charge is 0.0876 e. The van der Waals surface area contributed by atoms with Gasteiger partial charge in [-0.2, -0.15) is 0 Å². The third kappa shape index (κ3) is 2.50. The van der Waals surface area contributed by atoms with Gasteiger partial charge in [0.25, 0.3) is 0 Å². The fourth-order valence-corrected chi connectivity index (χ4v) is 4.29. The van der Waals surface area contributed by atoms with Crippen LogP contribution in [0.1, 0.15) is 33.4 Å². The first kappa shape index (κ1) is 13.7. The van der Waals surface area contributed by atoms with Crippen LogP contribution in [0.15, 0.2) is 0 Å². The Balaban J connectivity index is 3.57. The summed E-state index contributed by atoms with van der Waals surface area (Å²) in [6.45, 7) is 6.64. The summed E-state index contributed by atoms with van der Waals surface area (Å²) in [7, 11) is 0. The molecule has 0 unspecified atom stereocenters. The molecule has 1 aromatic carbocycles. The van der Waals surface area contributed by atoms with E-state index in [9.17, 15) is 0 Å². The van der Waals surface area contributed by atoms with Crippen molar-refractivity contribution < 1.29 is 0 Å². The summed E-state index contributed by atoms with van der Waals surface area (Å²) >= 11 is 10.7. The molecule has 0 aliphatic heterocycles. The topological polar surface area (TPSA) is 0 Å². The van der Waals surface area contributed by atoms with Crippen molar-refractivity contribution in [3.05, 3.63) is 33.4 Å². The highest BCUT2D eigenvalue weighted by molar-refractivity contribution is 9.09. The Kier molecular flexibility index (Phi) is 5.33. The first-order valence-corrected chi connectivity index (χ1v) is 8.23. The Morgan fingerprint density at radius 3 is 1.33 bits per heavy atom. The Morgan fingerprint density at radius 2 is 0.933 bits per heavy atom. The first-order valence-electron chi connectivity index (χ1n) is 4.86. The van der Waals surface area contributed by atoms with Crippen molar-refractivity contribution in [1.82, 2.24) is 0 Å². The van der Waals surface area contributed by atoms with Crippen LogP contribution < -0.4 is 0 Å². The normalized spacial score (nSPS) is 10.8. The minimum atomic E-state index is 0.931. The predicted molar refractivity (Wildman–Crippen MR) is 78.5 cm³/mol. The second kappa shape index (κ2) is 5.83. The monoisotopic (exact) mass is 396 g/mol. The number of hydrogen-bond donors (Lipinski definition) is 0. The van der Waals surface area contributed by atoms with Gasteiger partial charge >= 0.3 is 0 Å². The Bertz CT molecular complexity index is 370. The van der Waals surface area contributed by atoms with Crippen molar-refractivity contribution in [3.8, 4) is 0 Å². The van der Waals surface area contributed by atoms with Crippen LogP contribution in [-0.2, 0) is 16.0 Å². The third-order valence-electron chi connectivity index (χ3n) is 3.14. The van der Waals surface area contributed by atoms with Gasteiger partial charge in [0.1, 0.15) is 0 Å². The fraction of sp³-hybridized carbons (Fsp3) is 0.500. The zero-order chi connectivity index (χ0) is 11.6. The van der Waals surface area contributed by atoms with E-state index >= 15 is 0 Å². The summed E-state index contributed by atoms with van der Waals surface area (Å²) < 4.78 is 0. The molecule has 0 aromatic heterocycles. The van der Waals surface area contributed by atoms with Crippen LogP contribution in [0.3, 0.4) is 0 Å². The van der Waals surface area contributed by atoms with E-state index < -0.39 is 0 Å². The fourth-order valence-electron chi connectivity index (χ4n) is 1.93. The molecule has 0 amide bonds. The van der Waals surface area contributed by atoms with Gasteiger partial charge in [-0.15, -0.1) is 0 Å². The quantitative estimate of drug-likeness (QED) is 0.606. The summed E-state index contributed by atoms with van der Waals surface area (Å²) in [4.78, 5) is 0. The third-order valence-corrected chi connectivity index (χ3v) is 4.82. The van der Waals surface area contributed by atoms with Gasteiger partial charge in [0.2, 0.25) is 0 Å². The van der Waals surface area contributed by atoms with E-state index in [1.54, 1.807) is 0 Å². The van der Waals surface area contributed by atoms with Gasteiger partial charge in [0.05, 0.1) is 0 Å². The van der Waals surface area contributed by atoms with Crippen LogP contribution in [0, 0.1) is 20.8 Å². The lowest BCUT2D eigenvalue weighted by molar-refractivity contribution is 1.11. The van der Waals surface area contributed by atoms with Crippen molar-refractivity contribution in [2.75, 3.05) is 0 Å². The Morgan fingerprint density at radius 1 is 0.600 bits per heavy atom. The van der Waals surface area contributed by atoms with Crippen molar-refractivity contribution >= 4 is 47.8 Å². The zero-order valence-corrected chi connectivity index (χ0v) is 14.0. The van der Waals surface area contributed by atoms with Crippen LogP contribution in [0.25, 0.3) is 0 Å². The molecular weight excluding hydrogens is 384 g/mol. The van der Waals surface area contributed by atoms with Crippen LogP contribution in [0.4, 0.5) is 0 Å². The molecule has 0 saturated carbocycles. The Hall–Kier alpha value is 0.660. The second-order valence-corrected chi connectivity index (χ2v) is 5.39. The number of alkyl halides is 3. The van der Waals surface area contributed by atoms with E-state index in [-0.39, 0.29) is 0 Å². The SMILES string of the molecule is Cc1c(C)c(CBr)c(CBr)c(C)c1CBr. The Labute approximate surface area is 117 Å². The second-order valence-electron chi connectivity index (χ2n) is 3.71. The molecule has 0 atom stereocenters. The lowest BCUT2D eigenvalue weighted by Crippen LogP contribution is -2.04. The molecule has 0 N–H and O–H groups in total. The van der Waals surface area contributed by atoms with Crippen LogP contribution >= 0.6 is 47.8 Å². The molecule has 1 aromatic rings. The summed E-state index contributed by atoms with van der Waals surface area (Å²) in [5.41, 5.74) is 8.56. The maximum atomic E-state index is 3.59. The minimum Gasteiger partial charge on any atom is -0.0876 e. The highest BCUT2D eigenvalue weighted by Crippen LogP contribution is 2.31. The number of hydrogen-bond acceptors (Lipinski definition) is 0. The van der Waals surface area contributed by atoms with E-state index in [0.717, 1.165) is 16.0 Å². The zero-order valence-electron chi connectivity index (χ0n) is 9.26. The molecule has 0 fully saturated rings. The first-order chi connectivity index (χ1) is 7.08. The van der Waals surface area contributed by atoms with Gasteiger partial charge in [-0.05, 0) is 54.2 Å². The molecule has 0 spiro atoms. The molecule has 0 heterocycles. The molecule has 0 nitrogen and oxygen atoms in total. The van der Waals surface area contributed by atoms with Crippen LogP contribution in [0.2, 0.25) is 0 Å². The lowest BCUT2D eigenvalue weighted by Gasteiger charge is -2.19. The van der Waals surface area contributed by atoms with Crippen LogP contribution in [0.5, 0.6) is 0 Å². The summed E-state index contributed by atoms with van der Waals surface area (Å²) in [5.74, 6) is 0. The van der Waals surface area contributed by atoms with Crippen molar-refractivity contribution in [2.45, 2.75) is 36.8 Å². The van der Waals surface area contributed by atoms with Crippen molar-refractivity contribution in [2.24, 2.45) is 0 Å². The average molecular weight is 399 g/mol. The highest BCUT2D eigenvalue weighted by Gasteiger charge is 2.14. The van der Waals surface area contributed by atoms with Crippen molar-refractivity contribution in [1.29, 1.82) is 0 Å². The maximum Gasteiger partial charge on any atom is 0.0288 e. The average Bonchev–Trinajstić information content (AvgIpc) is 2.23. The van der Waals surface area contributed by atoms with Crippen LogP contribution in [-0.4, -0.2) is 0 Å². The summed E-state index contributed by atoms with van der Waals surface area (Å²) in [5, 5.41) is 2.80. The molecule has 0 radical (unpaired) electrons. The van der Waals surface area contributed by atoms with Gasteiger partial charge < -0.3 is 0 Å². The molecule has 1 rings (SSSR count). The number of halogens is 3. The molecule has 0 aliphatic carbocycles. The van der Waals surface area contributed by atoms with E-state index in [4.69, 9.17) is 0 Å². The number of rotatable bonds is 3. The summed E-state index contributed by atoms with van der Waals surface area (Å²) in [6.07, 6.45) is 0. The van der Waals surface area contributed by atoms with E-state index in [1.807, 2.05) is 0 Å². The molecule has 15 heavy (non-hydrogen) atoms. The molecule has 0 bridgehead atoms. The van der Waals surface area contributed by atoms with Gasteiger partial charge in [0, 0.05) is 16.0 Å². The minimum absolute atomic E-state index is 0.931. The number of benzene rings is 1. The van der Waals surface area contributed by atoms with Gasteiger partial charge in [-0.1, -0.05) is 47.8 Å². The predicted octanol–water partition coefficient (Wildman–Crippen LogP) is 5.30. The molecule has 3 heteroatoms. The van der Waals surface area contributed by atoms with Gasteiger partial charge in [-0.25, -0.2) is 0 Å². The van der Waals surface area contributed by atoms with Gasteiger partial charge in [0.15, 0.2) is 0 Å². The summed E-state index contributed by atoms with van der Waals surface area (Å²) in [6, 6.07) is 0. The van der Waals surface area contributed by atoms with Gasteiger partial charge in [-0.3, -0.25) is 0 Å². The van der Waals surface area contributed by atoms with Crippen molar-refractivity contribution in [3.63, 3.8) is 0 Å². The smallest absolute Gasteiger partial charge is 0.0288 e. The molecule has 84 valence electrons. The van der Waals surface area contributed by atoms with E-state index in [0.29, 0.717) is 0 Å². The molecule has 0 aliphatic rings.